The van der Waals surface area contributed by atoms with Gasteiger partial charge in [-0.15, -0.1) is 0 Å². The van der Waals surface area contributed by atoms with Crippen LogP contribution in [0.2, 0.25) is 0 Å². The Bertz CT molecular complexity index is 1140. The molecule has 1 aliphatic rings. The van der Waals surface area contributed by atoms with Crippen molar-refractivity contribution >= 4 is 10.0 Å². The Hall–Kier alpha value is -2.51. The van der Waals surface area contributed by atoms with E-state index in [4.69, 9.17) is 4.52 Å². The third-order valence-corrected chi connectivity index (χ3v) is 7.97. The van der Waals surface area contributed by atoms with Gasteiger partial charge in [-0.3, -0.25) is 0 Å². The number of rotatable bonds is 4. The second-order valence-electron chi connectivity index (χ2n) is 8.23. The van der Waals surface area contributed by atoms with Crippen LogP contribution in [0.15, 0.2) is 45.8 Å². The lowest BCUT2D eigenvalue weighted by Gasteiger charge is -2.30. The average molecular weight is 426 g/mol. The molecule has 3 aromatic rings. The summed E-state index contributed by atoms with van der Waals surface area (Å²) in [6.45, 7) is 8.65. The first kappa shape index (κ1) is 20.8. The van der Waals surface area contributed by atoms with Gasteiger partial charge in [0.15, 0.2) is 5.82 Å². The van der Waals surface area contributed by atoms with Crippen LogP contribution >= 0.6 is 0 Å². The molecule has 1 aliphatic heterocycles. The lowest BCUT2D eigenvalue weighted by atomic mass is 9.97. The third-order valence-electron chi connectivity index (χ3n) is 5.76. The van der Waals surface area contributed by atoms with Crippen LogP contribution in [0.1, 0.15) is 46.8 Å². The molecule has 0 spiro atoms. The lowest BCUT2D eigenvalue weighted by Crippen LogP contribution is -2.38. The van der Waals surface area contributed by atoms with Gasteiger partial charge in [-0.25, -0.2) is 8.42 Å². The molecule has 6 nitrogen and oxygen atoms in total. The van der Waals surface area contributed by atoms with Crippen LogP contribution in [-0.2, 0) is 10.0 Å². The van der Waals surface area contributed by atoms with E-state index in [1.54, 1.807) is 4.31 Å². The number of aryl methyl sites for hydroxylation is 4. The fourth-order valence-corrected chi connectivity index (χ4v) is 6.15. The van der Waals surface area contributed by atoms with Gasteiger partial charge in [0, 0.05) is 24.6 Å². The zero-order valence-electron chi connectivity index (χ0n) is 17.8. The van der Waals surface area contributed by atoms with Crippen molar-refractivity contribution < 1.29 is 12.9 Å². The standard InChI is InChI=1S/C23H27N3O3S/c1-15-5-7-20(8-6-15)23-24-22(25-29-23)19-9-11-26(12-10-19)30(27,28)21-17(3)13-16(2)14-18(21)4/h5-8,13-14,19H,9-12H2,1-4H3. The largest absolute Gasteiger partial charge is 0.334 e. The first-order valence-electron chi connectivity index (χ1n) is 10.2. The van der Waals surface area contributed by atoms with E-state index in [2.05, 4.69) is 10.1 Å². The molecule has 2 aromatic carbocycles. The predicted octanol–water partition coefficient (Wildman–Crippen LogP) is 4.54. The first-order chi connectivity index (χ1) is 14.3. The zero-order chi connectivity index (χ0) is 21.5. The van der Waals surface area contributed by atoms with Crippen LogP contribution in [-0.4, -0.2) is 36.0 Å². The Morgan fingerprint density at radius 3 is 2.13 bits per heavy atom. The maximum atomic E-state index is 13.3. The van der Waals surface area contributed by atoms with Crippen molar-refractivity contribution in [1.29, 1.82) is 0 Å². The van der Waals surface area contributed by atoms with Gasteiger partial charge in [-0.2, -0.15) is 9.29 Å². The Morgan fingerprint density at radius 1 is 0.933 bits per heavy atom. The summed E-state index contributed by atoms with van der Waals surface area (Å²) < 4.78 is 33.6. The van der Waals surface area contributed by atoms with E-state index in [1.807, 2.05) is 64.1 Å². The molecule has 7 heteroatoms. The van der Waals surface area contributed by atoms with Crippen molar-refractivity contribution in [3.8, 4) is 11.5 Å². The smallest absolute Gasteiger partial charge is 0.257 e. The van der Waals surface area contributed by atoms with Crippen molar-refractivity contribution in [1.82, 2.24) is 14.4 Å². The van der Waals surface area contributed by atoms with Crippen molar-refractivity contribution in [2.75, 3.05) is 13.1 Å². The number of hydrogen-bond acceptors (Lipinski definition) is 5. The summed E-state index contributed by atoms with van der Waals surface area (Å²) in [7, 11) is -3.52. The minimum absolute atomic E-state index is 0.0969. The van der Waals surface area contributed by atoms with Crippen LogP contribution in [0, 0.1) is 27.7 Å². The predicted molar refractivity (Wildman–Crippen MR) is 116 cm³/mol. The minimum atomic E-state index is -3.52. The zero-order valence-corrected chi connectivity index (χ0v) is 18.7. The molecule has 0 amide bonds. The van der Waals surface area contributed by atoms with Crippen molar-refractivity contribution in [2.45, 2.75) is 51.3 Å². The average Bonchev–Trinajstić information content (AvgIpc) is 3.18. The molecule has 30 heavy (non-hydrogen) atoms. The highest BCUT2D eigenvalue weighted by atomic mass is 32.2. The van der Waals surface area contributed by atoms with E-state index in [1.165, 1.54) is 5.56 Å². The summed E-state index contributed by atoms with van der Waals surface area (Å²) in [6.07, 6.45) is 1.35. The number of piperidine rings is 1. The lowest BCUT2D eigenvalue weighted by molar-refractivity contribution is 0.307. The number of nitrogens with zero attached hydrogens (tertiary/aromatic N) is 3. The maximum Gasteiger partial charge on any atom is 0.257 e. The van der Waals surface area contributed by atoms with E-state index in [0.29, 0.717) is 42.5 Å². The van der Waals surface area contributed by atoms with Gasteiger partial charge < -0.3 is 4.52 Å². The van der Waals surface area contributed by atoms with Crippen LogP contribution in [0.4, 0.5) is 0 Å². The van der Waals surface area contributed by atoms with Gasteiger partial charge in [-0.1, -0.05) is 40.5 Å². The summed E-state index contributed by atoms with van der Waals surface area (Å²) >= 11 is 0. The summed E-state index contributed by atoms with van der Waals surface area (Å²) in [5, 5.41) is 4.17. The summed E-state index contributed by atoms with van der Waals surface area (Å²) in [5.74, 6) is 1.26. The molecular formula is C23H27N3O3S. The minimum Gasteiger partial charge on any atom is -0.334 e. The maximum absolute atomic E-state index is 13.3. The monoisotopic (exact) mass is 425 g/mol. The molecule has 1 fully saturated rings. The van der Waals surface area contributed by atoms with E-state index >= 15 is 0 Å². The van der Waals surface area contributed by atoms with Gasteiger partial charge >= 0.3 is 0 Å². The Morgan fingerprint density at radius 2 is 1.53 bits per heavy atom. The highest BCUT2D eigenvalue weighted by Crippen LogP contribution is 2.32. The van der Waals surface area contributed by atoms with Crippen LogP contribution in [0.25, 0.3) is 11.5 Å². The van der Waals surface area contributed by atoms with Crippen molar-refractivity contribution in [2.24, 2.45) is 0 Å². The van der Waals surface area contributed by atoms with Gasteiger partial charge in [0.05, 0.1) is 4.90 Å². The van der Waals surface area contributed by atoms with Gasteiger partial charge in [-0.05, 0) is 63.8 Å². The third kappa shape index (κ3) is 3.91. The highest BCUT2D eigenvalue weighted by molar-refractivity contribution is 7.89. The van der Waals surface area contributed by atoms with Gasteiger partial charge in [0.1, 0.15) is 0 Å². The number of hydrogen-bond donors (Lipinski definition) is 0. The molecule has 0 N–H and O–H groups in total. The molecule has 0 unspecified atom stereocenters. The fourth-order valence-electron chi connectivity index (χ4n) is 4.27. The molecule has 0 saturated carbocycles. The Labute approximate surface area is 178 Å². The van der Waals surface area contributed by atoms with Crippen LogP contribution in [0.5, 0.6) is 0 Å². The second-order valence-corrected chi connectivity index (χ2v) is 10.1. The topological polar surface area (TPSA) is 76.3 Å². The van der Waals surface area contributed by atoms with E-state index < -0.39 is 10.0 Å². The summed E-state index contributed by atoms with van der Waals surface area (Å²) in [5.41, 5.74) is 4.74. The van der Waals surface area contributed by atoms with E-state index in [0.717, 1.165) is 22.3 Å². The normalized spacial score (nSPS) is 16.1. The molecule has 0 atom stereocenters. The van der Waals surface area contributed by atoms with Crippen LogP contribution in [0.3, 0.4) is 0 Å². The Kier molecular flexibility index (Phi) is 5.51. The van der Waals surface area contributed by atoms with Gasteiger partial charge in [0.2, 0.25) is 10.0 Å². The molecule has 4 rings (SSSR count). The molecular weight excluding hydrogens is 398 g/mol. The Balaban J connectivity index is 1.49. The summed E-state index contributed by atoms with van der Waals surface area (Å²) in [4.78, 5) is 5.01. The first-order valence-corrected chi connectivity index (χ1v) is 11.7. The van der Waals surface area contributed by atoms with Crippen molar-refractivity contribution in [3.63, 3.8) is 0 Å². The molecule has 0 aliphatic carbocycles. The van der Waals surface area contributed by atoms with Gasteiger partial charge in [0.25, 0.3) is 5.89 Å². The number of sulfonamides is 1. The summed E-state index contributed by atoms with van der Waals surface area (Å²) in [6, 6.07) is 11.8. The van der Waals surface area contributed by atoms with Crippen LogP contribution < -0.4 is 0 Å². The number of aromatic nitrogens is 2. The molecule has 0 bridgehead atoms. The second kappa shape index (κ2) is 7.96. The molecule has 2 heterocycles. The molecule has 1 saturated heterocycles. The quantitative estimate of drug-likeness (QED) is 0.613. The van der Waals surface area contributed by atoms with E-state index in [9.17, 15) is 8.42 Å². The van der Waals surface area contributed by atoms with Crippen molar-refractivity contribution in [3.05, 3.63) is 64.5 Å². The highest BCUT2D eigenvalue weighted by Gasteiger charge is 2.33. The molecule has 0 radical (unpaired) electrons. The van der Waals surface area contributed by atoms with E-state index in [-0.39, 0.29) is 5.92 Å². The fraction of sp³-hybridized carbons (Fsp3) is 0.391. The SMILES string of the molecule is Cc1ccc(-c2nc(C3CCN(S(=O)(=O)c4c(C)cc(C)cc4C)CC3)no2)cc1. The molecule has 158 valence electrons. The molecule has 1 aromatic heterocycles. The number of benzene rings is 2.